The van der Waals surface area contributed by atoms with Crippen LogP contribution in [0.25, 0.3) is 11.8 Å². The fourth-order valence-corrected chi connectivity index (χ4v) is 3.76. The zero-order chi connectivity index (χ0) is 25.2. The predicted molar refractivity (Wildman–Crippen MR) is 143 cm³/mol. The number of nitrogens with zero attached hydrogens (tertiary/aromatic N) is 1. The Bertz CT molecular complexity index is 1270. The van der Waals surface area contributed by atoms with Gasteiger partial charge in [0, 0.05) is 0 Å². The second-order valence-corrected chi connectivity index (χ2v) is 9.05. The van der Waals surface area contributed by atoms with E-state index in [1.807, 2.05) is 30.3 Å². The van der Waals surface area contributed by atoms with Crippen molar-refractivity contribution in [1.29, 1.82) is 0 Å². The largest absolute Gasteiger partial charge is 0.501 e. The van der Waals surface area contributed by atoms with Crippen molar-refractivity contribution in [2.45, 2.75) is 40.0 Å². The topological polar surface area (TPSA) is 76.5 Å². The number of ether oxygens (including phenoxy) is 2. The van der Waals surface area contributed by atoms with Crippen molar-refractivity contribution < 1.29 is 14.6 Å². The van der Waals surface area contributed by atoms with E-state index in [4.69, 9.17) is 21.7 Å². The van der Waals surface area contributed by atoms with Gasteiger partial charge in [-0.15, -0.1) is 0 Å². The van der Waals surface area contributed by atoms with E-state index < -0.39 is 5.56 Å². The van der Waals surface area contributed by atoms with E-state index in [9.17, 15) is 9.90 Å². The maximum Gasteiger partial charge on any atom is 0.262 e. The zero-order valence-electron chi connectivity index (χ0n) is 20.4. The SMILES string of the molecule is CC(C)=CCCC(C)CCOC=Cc1c(O)n(-c2ccc(Oc3ccccc3)cc2)c(=S)[nH]c1=O. The van der Waals surface area contributed by atoms with Gasteiger partial charge >= 0.3 is 0 Å². The number of aromatic hydroxyl groups is 1. The molecule has 1 unspecified atom stereocenters. The van der Waals surface area contributed by atoms with Crippen molar-refractivity contribution in [3.05, 3.63) is 93.2 Å². The fraction of sp³-hybridized carbons (Fsp3) is 0.286. The molecule has 2 N–H and O–H groups in total. The third kappa shape index (κ3) is 7.72. The van der Waals surface area contributed by atoms with E-state index in [0.29, 0.717) is 24.0 Å². The Morgan fingerprint density at radius 2 is 1.77 bits per heavy atom. The van der Waals surface area contributed by atoms with Gasteiger partial charge in [0.05, 0.1) is 18.6 Å². The number of H-pyrrole nitrogens is 1. The molecule has 0 bridgehead atoms. The maximum absolute atomic E-state index is 12.4. The fourth-order valence-electron chi connectivity index (χ4n) is 3.47. The summed E-state index contributed by atoms with van der Waals surface area (Å²) in [6.45, 7) is 6.94. The number of nitrogens with one attached hydrogen (secondary N) is 1. The number of allylic oxidation sites excluding steroid dienone is 2. The molecule has 35 heavy (non-hydrogen) atoms. The van der Waals surface area contributed by atoms with Gasteiger partial charge in [-0.2, -0.15) is 0 Å². The second kappa shape index (κ2) is 12.8. The molecule has 3 aromatic rings. The Hall–Kier alpha value is -3.58. The lowest BCUT2D eigenvalue weighted by Gasteiger charge is -2.12. The van der Waals surface area contributed by atoms with Crippen molar-refractivity contribution >= 4 is 18.3 Å². The standard InChI is InChI=1S/C28H32N2O4S/c1-20(2)8-7-9-21(3)16-18-33-19-17-25-26(31)29-28(35)30(27(25)32)22-12-14-24(15-13-22)34-23-10-5-4-6-11-23/h4-6,8,10-15,17,19,21,32H,7,9,16,18H2,1-3H3,(H,29,31,35). The van der Waals surface area contributed by atoms with Crippen molar-refractivity contribution in [2.24, 2.45) is 5.92 Å². The first-order chi connectivity index (χ1) is 16.8. The van der Waals surface area contributed by atoms with E-state index in [-0.39, 0.29) is 16.2 Å². The van der Waals surface area contributed by atoms with Gasteiger partial charge in [-0.25, -0.2) is 0 Å². The Balaban J connectivity index is 1.67. The lowest BCUT2D eigenvalue weighted by molar-refractivity contribution is 0.225. The van der Waals surface area contributed by atoms with Crippen LogP contribution in [0.1, 0.15) is 45.6 Å². The van der Waals surface area contributed by atoms with Crippen LogP contribution >= 0.6 is 12.2 Å². The molecule has 0 saturated carbocycles. The average molecular weight is 493 g/mol. The van der Waals surface area contributed by atoms with Gasteiger partial charge in [0.15, 0.2) is 4.77 Å². The summed E-state index contributed by atoms with van der Waals surface area (Å²) < 4.78 is 12.9. The van der Waals surface area contributed by atoms with Crippen LogP contribution in [-0.2, 0) is 4.74 Å². The minimum Gasteiger partial charge on any atom is -0.501 e. The number of benzene rings is 2. The number of para-hydroxylation sites is 1. The Labute approximate surface area is 211 Å². The molecule has 1 atom stereocenters. The van der Waals surface area contributed by atoms with Crippen LogP contribution in [0.5, 0.6) is 17.4 Å². The molecule has 2 aromatic carbocycles. The van der Waals surface area contributed by atoms with E-state index >= 15 is 0 Å². The molecule has 6 nitrogen and oxygen atoms in total. The molecule has 0 radical (unpaired) electrons. The van der Waals surface area contributed by atoms with Crippen molar-refractivity contribution in [2.75, 3.05) is 6.61 Å². The molecular formula is C28H32N2O4S. The highest BCUT2D eigenvalue weighted by atomic mass is 32.1. The number of rotatable bonds is 11. The average Bonchev–Trinajstić information content (AvgIpc) is 2.82. The third-order valence-electron chi connectivity index (χ3n) is 5.47. The summed E-state index contributed by atoms with van der Waals surface area (Å²) in [7, 11) is 0. The molecule has 0 spiro atoms. The van der Waals surface area contributed by atoms with Crippen LogP contribution in [0.15, 0.2) is 77.3 Å². The summed E-state index contributed by atoms with van der Waals surface area (Å²) in [6, 6.07) is 16.5. The number of hydrogen-bond acceptors (Lipinski definition) is 5. The summed E-state index contributed by atoms with van der Waals surface area (Å²) >= 11 is 5.30. The van der Waals surface area contributed by atoms with Gasteiger partial charge in [-0.05, 0) is 93.7 Å². The van der Waals surface area contributed by atoms with Gasteiger partial charge in [0.25, 0.3) is 5.56 Å². The quantitative estimate of drug-likeness (QED) is 0.129. The van der Waals surface area contributed by atoms with E-state index in [2.05, 4.69) is 31.8 Å². The maximum atomic E-state index is 12.4. The first-order valence-electron chi connectivity index (χ1n) is 11.7. The summed E-state index contributed by atoms with van der Waals surface area (Å²) in [5.74, 6) is 1.63. The molecule has 0 aliphatic rings. The summed E-state index contributed by atoms with van der Waals surface area (Å²) in [5.41, 5.74) is 1.51. The monoisotopic (exact) mass is 492 g/mol. The Morgan fingerprint density at radius 3 is 2.46 bits per heavy atom. The molecule has 1 heterocycles. The van der Waals surface area contributed by atoms with E-state index in [0.717, 1.165) is 25.0 Å². The van der Waals surface area contributed by atoms with Gasteiger partial charge < -0.3 is 14.6 Å². The predicted octanol–water partition coefficient (Wildman–Crippen LogP) is 7.15. The van der Waals surface area contributed by atoms with Gasteiger partial charge in [0.1, 0.15) is 17.1 Å². The Kier molecular flexibility index (Phi) is 9.49. The lowest BCUT2D eigenvalue weighted by atomic mass is 10.0. The smallest absolute Gasteiger partial charge is 0.262 e. The van der Waals surface area contributed by atoms with Crippen LogP contribution in [-0.4, -0.2) is 21.3 Å². The Morgan fingerprint density at radius 1 is 1.09 bits per heavy atom. The van der Waals surface area contributed by atoms with Crippen molar-refractivity contribution in [3.8, 4) is 23.1 Å². The number of aromatic nitrogens is 2. The van der Waals surface area contributed by atoms with E-state index in [1.54, 1.807) is 24.3 Å². The highest BCUT2D eigenvalue weighted by molar-refractivity contribution is 7.71. The first-order valence-corrected chi connectivity index (χ1v) is 12.1. The van der Waals surface area contributed by atoms with Gasteiger partial charge in [0.2, 0.25) is 5.88 Å². The molecule has 0 aliphatic heterocycles. The summed E-state index contributed by atoms with van der Waals surface area (Å²) in [6.07, 6.45) is 8.22. The first kappa shape index (κ1) is 26.0. The van der Waals surface area contributed by atoms with Crippen LogP contribution < -0.4 is 10.3 Å². The molecule has 0 amide bonds. The number of hydrogen-bond donors (Lipinski definition) is 2. The van der Waals surface area contributed by atoms with E-state index in [1.165, 1.54) is 22.5 Å². The molecule has 184 valence electrons. The summed E-state index contributed by atoms with van der Waals surface area (Å²) in [4.78, 5) is 15.0. The molecule has 0 fully saturated rings. The summed E-state index contributed by atoms with van der Waals surface area (Å²) in [5, 5.41) is 10.8. The molecular weight excluding hydrogens is 460 g/mol. The lowest BCUT2D eigenvalue weighted by Crippen LogP contribution is -2.16. The molecule has 1 aromatic heterocycles. The molecule has 7 heteroatoms. The van der Waals surface area contributed by atoms with Gasteiger partial charge in [-0.3, -0.25) is 14.3 Å². The highest BCUT2D eigenvalue weighted by Gasteiger charge is 2.12. The highest BCUT2D eigenvalue weighted by Crippen LogP contribution is 2.25. The molecule has 3 rings (SSSR count). The minimum atomic E-state index is -0.484. The van der Waals surface area contributed by atoms with Crippen LogP contribution in [0.3, 0.4) is 0 Å². The van der Waals surface area contributed by atoms with Crippen molar-refractivity contribution in [3.63, 3.8) is 0 Å². The minimum absolute atomic E-state index is 0.0693. The second-order valence-electron chi connectivity index (χ2n) is 8.67. The molecule has 0 saturated heterocycles. The van der Waals surface area contributed by atoms with Crippen LogP contribution in [0.4, 0.5) is 0 Å². The zero-order valence-corrected chi connectivity index (χ0v) is 21.2. The van der Waals surface area contributed by atoms with Gasteiger partial charge in [-0.1, -0.05) is 36.8 Å². The van der Waals surface area contributed by atoms with Crippen molar-refractivity contribution in [1.82, 2.24) is 9.55 Å². The molecule has 0 aliphatic carbocycles. The van der Waals surface area contributed by atoms with Crippen LogP contribution in [0, 0.1) is 10.7 Å². The third-order valence-corrected chi connectivity index (χ3v) is 5.75. The van der Waals surface area contributed by atoms with Crippen LogP contribution in [0.2, 0.25) is 0 Å². The number of aromatic amines is 1. The normalized spacial score (nSPS) is 11.9.